The van der Waals surface area contributed by atoms with Crippen LogP contribution in [0.2, 0.25) is 0 Å². The maximum Gasteiger partial charge on any atom is 0.318 e. The molecule has 0 radical (unpaired) electrons. The van der Waals surface area contributed by atoms with Crippen molar-refractivity contribution in [2.24, 2.45) is 11.8 Å². The van der Waals surface area contributed by atoms with Crippen LogP contribution in [0.15, 0.2) is 4.42 Å². The predicted molar refractivity (Wildman–Crippen MR) is 61.5 cm³/mol. The van der Waals surface area contributed by atoms with E-state index in [1.165, 1.54) is 0 Å². The Kier molecular flexibility index (Phi) is 2.76. The molecule has 1 saturated carbocycles. The van der Waals surface area contributed by atoms with E-state index in [2.05, 4.69) is 20.4 Å². The van der Waals surface area contributed by atoms with Crippen LogP contribution in [0.4, 0.5) is 6.01 Å². The first kappa shape index (κ1) is 11.0. The van der Waals surface area contributed by atoms with Gasteiger partial charge in [-0.3, -0.25) is 0 Å². The van der Waals surface area contributed by atoms with Crippen LogP contribution in [0.5, 0.6) is 0 Å². The number of fused-ring (bicyclic) bond motifs is 1. The van der Waals surface area contributed by atoms with Gasteiger partial charge >= 0.3 is 6.01 Å². The van der Waals surface area contributed by atoms with Crippen molar-refractivity contribution in [1.29, 1.82) is 0 Å². The molecule has 2 heterocycles. The zero-order chi connectivity index (χ0) is 11.8. The third-order valence-corrected chi connectivity index (χ3v) is 3.87. The Morgan fingerprint density at radius 2 is 2.29 bits per heavy atom. The second-order valence-corrected chi connectivity index (χ2v) is 4.98. The molecule has 3 rings (SSSR count). The van der Waals surface area contributed by atoms with Gasteiger partial charge in [0.2, 0.25) is 5.89 Å². The SMILES string of the molecule is CNCc1nnc(N2CC3CCC(O)C3C2)o1. The van der Waals surface area contributed by atoms with Crippen molar-refractivity contribution in [3.05, 3.63) is 5.89 Å². The van der Waals surface area contributed by atoms with Gasteiger partial charge in [-0.15, -0.1) is 5.10 Å². The van der Waals surface area contributed by atoms with Crippen LogP contribution in [0.1, 0.15) is 18.7 Å². The van der Waals surface area contributed by atoms with E-state index in [9.17, 15) is 5.11 Å². The molecule has 3 unspecified atom stereocenters. The van der Waals surface area contributed by atoms with Crippen LogP contribution in [-0.2, 0) is 6.54 Å². The van der Waals surface area contributed by atoms with Crippen LogP contribution in [0.3, 0.4) is 0 Å². The topological polar surface area (TPSA) is 74.4 Å². The summed E-state index contributed by atoms with van der Waals surface area (Å²) >= 11 is 0. The number of aliphatic hydroxyl groups excluding tert-OH is 1. The number of aromatic nitrogens is 2. The molecule has 6 heteroatoms. The third-order valence-electron chi connectivity index (χ3n) is 3.87. The Labute approximate surface area is 100 Å². The quantitative estimate of drug-likeness (QED) is 0.772. The van der Waals surface area contributed by atoms with Crippen molar-refractivity contribution in [2.45, 2.75) is 25.5 Å². The summed E-state index contributed by atoms with van der Waals surface area (Å²) in [4.78, 5) is 2.10. The molecule has 0 bridgehead atoms. The lowest BCUT2D eigenvalue weighted by Crippen LogP contribution is -2.24. The zero-order valence-electron chi connectivity index (χ0n) is 9.96. The van der Waals surface area contributed by atoms with Gasteiger partial charge in [-0.2, -0.15) is 0 Å². The van der Waals surface area contributed by atoms with Gasteiger partial charge in [-0.1, -0.05) is 5.10 Å². The molecular weight excluding hydrogens is 220 g/mol. The Bertz CT molecular complexity index is 395. The van der Waals surface area contributed by atoms with Gasteiger partial charge < -0.3 is 19.7 Å². The summed E-state index contributed by atoms with van der Waals surface area (Å²) in [6.07, 6.45) is 1.91. The highest BCUT2D eigenvalue weighted by Crippen LogP contribution is 2.39. The number of anilines is 1. The minimum Gasteiger partial charge on any atom is -0.407 e. The molecule has 2 N–H and O–H groups in total. The van der Waals surface area contributed by atoms with E-state index < -0.39 is 0 Å². The molecular formula is C11H18N4O2. The van der Waals surface area contributed by atoms with E-state index in [0.717, 1.165) is 25.9 Å². The van der Waals surface area contributed by atoms with Crippen molar-refractivity contribution in [2.75, 3.05) is 25.0 Å². The first-order valence-corrected chi connectivity index (χ1v) is 6.18. The fourth-order valence-electron chi connectivity index (χ4n) is 2.99. The molecule has 2 aliphatic rings. The third kappa shape index (κ3) is 1.91. The molecule has 2 fully saturated rings. The number of hydrogen-bond acceptors (Lipinski definition) is 6. The molecule has 17 heavy (non-hydrogen) atoms. The monoisotopic (exact) mass is 238 g/mol. The normalized spacial score (nSPS) is 32.1. The second-order valence-electron chi connectivity index (χ2n) is 4.98. The molecule has 1 saturated heterocycles. The minimum atomic E-state index is -0.148. The summed E-state index contributed by atoms with van der Waals surface area (Å²) in [6, 6.07) is 0.594. The molecule has 1 aliphatic heterocycles. The molecule has 0 aromatic carbocycles. The highest BCUT2D eigenvalue weighted by Gasteiger charge is 2.43. The van der Waals surface area contributed by atoms with Gasteiger partial charge in [-0.05, 0) is 25.8 Å². The number of nitrogens with one attached hydrogen (secondary N) is 1. The fourth-order valence-corrected chi connectivity index (χ4v) is 2.99. The van der Waals surface area contributed by atoms with E-state index in [-0.39, 0.29) is 6.10 Å². The van der Waals surface area contributed by atoms with E-state index >= 15 is 0 Å². The van der Waals surface area contributed by atoms with Crippen LogP contribution in [0, 0.1) is 11.8 Å². The van der Waals surface area contributed by atoms with Crippen LogP contribution in [-0.4, -0.2) is 41.5 Å². The molecule has 1 aliphatic carbocycles. The van der Waals surface area contributed by atoms with Crippen molar-refractivity contribution in [1.82, 2.24) is 15.5 Å². The van der Waals surface area contributed by atoms with Gasteiger partial charge in [-0.25, -0.2) is 0 Å². The van der Waals surface area contributed by atoms with E-state index in [4.69, 9.17) is 4.42 Å². The van der Waals surface area contributed by atoms with Crippen LogP contribution < -0.4 is 10.2 Å². The highest BCUT2D eigenvalue weighted by molar-refractivity contribution is 5.28. The van der Waals surface area contributed by atoms with E-state index in [0.29, 0.717) is 30.3 Å². The molecule has 94 valence electrons. The summed E-state index contributed by atoms with van der Waals surface area (Å²) in [7, 11) is 1.85. The van der Waals surface area contributed by atoms with Gasteiger partial charge in [0.05, 0.1) is 12.6 Å². The average Bonchev–Trinajstić information content (AvgIpc) is 2.96. The Morgan fingerprint density at radius 3 is 3.06 bits per heavy atom. The predicted octanol–water partition coefficient (Wildman–Crippen LogP) is -0.00390. The zero-order valence-corrected chi connectivity index (χ0v) is 9.96. The largest absolute Gasteiger partial charge is 0.407 e. The maximum absolute atomic E-state index is 9.85. The first-order valence-electron chi connectivity index (χ1n) is 6.18. The summed E-state index contributed by atoms with van der Waals surface area (Å²) < 4.78 is 5.57. The summed E-state index contributed by atoms with van der Waals surface area (Å²) in [5, 5.41) is 20.9. The first-order chi connectivity index (χ1) is 8.28. The summed E-state index contributed by atoms with van der Waals surface area (Å²) in [5.41, 5.74) is 0. The smallest absolute Gasteiger partial charge is 0.318 e. The molecule has 1 aromatic rings. The number of hydrogen-bond donors (Lipinski definition) is 2. The van der Waals surface area contributed by atoms with Gasteiger partial charge in [0.15, 0.2) is 0 Å². The number of aliphatic hydroxyl groups is 1. The van der Waals surface area contributed by atoms with Crippen molar-refractivity contribution < 1.29 is 9.52 Å². The fraction of sp³-hybridized carbons (Fsp3) is 0.818. The van der Waals surface area contributed by atoms with Crippen molar-refractivity contribution in [3.8, 4) is 0 Å². The Balaban J connectivity index is 1.69. The standard InChI is InChI=1S/C11H18N4O2/c1-12-4-10-13-14-11(17-10)15-5-7-2-3-9(16)8(7)6-15/h7-9,12,16H,2-6H2,1H3. The maximum atomic E-state index is 9.85. The highest BCUT2D eigenvalue weighted by atomic mass is 16.4. The molecule has 0 amide bonds. The van der Waals surface area contributed by atoms with Crippen molar-refractivity contribution >= 4 is 6.01 Å². The molecule has 0 spiro atoms. The average molecular weight is 238 g/mol. The van der Waals surface area contributed by atoms with Gasteiger partial charge in [0.25, 0.3) is 0 Å². The molecule has 1 aromatic heterocycles. The van der Waals surface area contributed by atoms with Crippen LogP contribution >= 0.6 is 0 Å². The summed E-state index contributed by atoms with van der Waals surface area (Å²) in [5.74, 6) is 1.58. The van der Waals surface area contributed by atoms with Gasteiger partial charge in [0.1, 0.15) is 0 Å². The Morgan fingerprint density at radius 1 is 1.41 bits per heavy atom. The van der Waals surface area contributed by atoms with E-state index in [1.54, 1.807) is 0 Å². The minimum absolute atomic E-state index is 0.148. The van der Waals surface area contributed by atoms with E-state index in [1.807, 2.05) is 7.05 Å². The lowest BCUT2D eigenvalue weighted by molar-refractivity contribution is 0.133. The lowest BCUT2D eigenvalue weighted by atomic mass is 10.00. The lowest BCUT2D eigenvalue weighted by Gasteiger charge is -2.15. The van der Waals surface area contributed by atoms with Crippen molar-refractivity contribution in [3.63, 3.8) is 0 Å². The Hall–Kier alpha value is -1.14. The number of nitrogens with zero attached hydrogens (tertiary/aromatic N) is 3. The second kappa shape index (κ2) is 4.27. The molecule has 3 atom stereocenters. The summed E-state index contributed by atoms with van der Waals surface area (Å²) in [6.45, 7) is 2.37. The van der Waals surface area contributed by atoms with Gasteiger partial charge in [0, 0.05) is 19.0 Å². The number of rotatable bonds is 3. The van der Waals surface area contributed by atoms with Crippen LogP contribution in [0.25, 0.3) is 0 Å². The molecule has 6 nitrogen and oxygen atoms in total.